The van der Waals surface area contributed by atoms with Crippen LogP contribution in [0.5, 0.6) is 0 Å². The minimum atomic E-state index is -0.996. The van der Waals surface area contributed by atoms with Gasteiger partial charge in [0.2, 0.25) is 5.91 Å². The molecule has 0 unspecified atom stereocenters. The quantitative estimate of drug-likeness (QED) is 0.711. The number of amides is 2. The molecule has 2 rings (SSSR count). The van der Waals surface area contributed by atoms with Gasteiger partial charge in [-0.25, -0.2) is 4.79 Å². The van der Waals surface area contributed by atoms with E-state index in [9.17, 15) is 14.4 Å². The maximum absolute atomic E-state index is 13.4. The van der Waals surface area contributed by atoms with Gasteiger partial charge in [-0.2, -0.15) is 0 Å². The summed E-state index contributed by atoms with van der Waals surface area (Å²) in [5.41, 5.74) is 1.21. The molecule has 0 saturated heterocycles. The molecule has 0 radical (unpaired) electrons. The molecule has 6 heteroatoms. The van der Waals surface area contributed by atoms with Crippen molar-refractivity contribution in [3.63, 3.8) is 0 Å². The van der Waals surface area contributed by atoms with E-state index in [-0.39, 0.29) is 18.1 Å². The minimum Gasteiger partial charge on any atom is -0.444 e. The number of nitrogens with one attached hydrogen (secondary N) is 1. The van der Waals surface area contributed by atoms with Crippen molar-refractivity contribution in [2.75, 3.05) is 0 Å². The number of Topliss-reactive ketones (excluding diaryl/α,β-unsaturated/α-hetero) is 1. The van der Waals surface area contributed by atoms with Gasteiger partial charge in [-0.1, -0.05) is 60.7 Å². The number of carbonyl (C=O) groups excluding carboxylic acids is 3. The van der Waals surface area contributed by atoms with E-state index in [4.69, 9.17) is 4.74 Å². The molecule has 1 N–H and O–H groups in total. The summed E-state index contributed by atoms with van der Waals surface area (Å²) in [6, 6.07) is 18.2. The number of alkyl carbamates (subject to hydrolysis) is 1. The summed E-state index contributed by atoms with van der Waals surface area (Å²) in [5, 5.41) is 2.58. The fourth-order valence-corrected chi connectivity index (χ4v) is 2.98. The zero-order valence-corrected chi connectivity index (χ0v) is 18.1. The van der Waals surface area contributed by atoms with E-state index >= 15 is 0 Å². The molecular formula is C24H30N2O4. The first kappa shape index (κ1) is 23.1. The first-order chi connectivity index (χ1) is 14.1. The van der Waals surface area contributed by atoms with Crippen molar-refractivity contribution < 1.29 is 19.1 Å². The number of rotatable bonds is 8. The normalized spacial score (nSPS) is 12.0. The molecule has 0 fully saturated rings. The largest absolute Gasteiger partial charge is 0.444 e. The smallest absolute Gasteiger partial charge is 0.408 e. The second-order valence-electron chi connectivity index (χ2n) is 8.27. The summed E-state index contributed by atoms with van der Waals surface area (Å²) in [5.74, 6) is -0.521. The summed E-state index contributed by atoms with van der Waals surface area (Å²) >= 11 is 0. The maximum Gasteiger partial charge on any atom is 0.408 e. The van der Waals surface area contributed by atoms with Crippen LogP contribution in [0.4, 0.5) is 4.79 Å². The predicted octanol–water partition coefficient (Wildman–Crippen LogP) is 4.09. The average molecular weight is 411 g/mol. The Hall–Kier alpha value is -3.15. The van der Waals surface area contributed by atoms with Crippen LogP contribution in [0, 0.1) is 0 Å². The number of benzene rings is 2. The molecule has 0 saturated carbocycles. The van der Waals surface area contributed by atoms with Crippen LogP contribution >= 0.6 is 0 Å². The Bertz CT molecular complexity index is 803. The number of carbonyl (C=O) groups is 3. The van der Waals surface area contributed by atoms with Gasteiger partial charge in [0.25, 0.3) is 0 Å². The highest BCUT2D eigenvalue weighted by Crippen LogP contribution is 2.14. The molecular weight excluding hydrogens is 380 g/mol. The SMILES string of the molecule is CC(=O)C[C@H](NC(=O)OC(C)(C)C)C(=O)N(Cc1ccccc1)Cc1ccccc1. The Kier molecular flexibility index (Phi) is 8.16. The van der Waals surface area contributed by atoms with Crippen LogP contribution in [-0.4, -0.2) is 34.3 Å². The van der Waals surface area contributed by atoms with Gasteiger partial charge in [-0.3, -0.25) is 9.59 Å². The van der Waals surface area contributed by atoms with Gasteiger partial charge in [-0.15, -0.1) is 0 Å². The Balaban J connectivity index is 2.25. The second kappa shape index (κ2) is 10.6. The lowest BCUT2D eigenvalue weighted by Gasteiger charge is -2.29. The Morgan fingerprint density at radius 2 is 1.37 bits per heavy atom. The first-order valence-electron chi connectivity index (χ1n) is 9.99. The molecule has 1 atom stereocenters. The summed E-state index contributed by atoms with van der Waals surface area (Å²) in [6.45, 7) is 7.34. The molecule has 0 aromatic heterocycles. The molecule has 2 amide bonds. The fraction of sp³-hybridized carbons (Fsp3) is 0.375. The van der Waals surface area contributed by atoms with E-state index in [1.165, 1.54) is 6.92 Å². The number of nitrogens with zero attached hydrogens (tertiary/aromatic N) is 1. The summed E-state index contributed by atoms with van der Waals surface area (Å²) in [6.07, 6.45) is -0.820. The molecule has 0 heterocycles. The van der Waals surface area contributed by atoms with Crippen molar-refractivity contribution in [2.24, 2.45) is 0 Å². The minimum absolute atomic E-state index is 0.0991. The number of ether oxygens (including phenoxy) is 1. The molecule has 0 aliphatic carbocycles. The third-order valence-electron chi connectivity index (χ3n) is 4.22. The van der Waals surface area contributed by atoms with E-state index in [1.54, 1.807) is 25.7 Å². The fourth-order valence-electron chi connectivity index (χ4n) is 2.98. The van der Waals surface area contributed by atoms with E-state index in [2.05, 4.69) is 5.32 Å². The van der Waals surface area contributed by atoms with Crippen LogP contribution in [0.15, 0.2) is 60.7 Å². The van der Waals surface area contributed by atoms with Crippen LogP contribution in [0.1, 0.15) is 45.2 Å². The molecule has 30 heavy (non-hydrogen) atoms. The number of hydrogen-bond donors (Lipinski definition) is 1. The van der Waals surface area contributed by atoms with Crippen molar-refractivity contribution in [3.05, 3.63) is 71.8 Å². The Morgan fingerprint density at radius 3 is 1.77 bits per heavy atom. The van der Waals surface area contributed by atoms with Gasteiger partial charge in [0, 0.05) is 19.5 Å². The van der Waals surface area contributed by atoms with Gasteiger partial charge in [-0.05, 0) is 38.8 Å². The molecule has 2 aromatic rings. The van der Waals surface area contributed by atoms with Crippen LogP contribution in [0.25, 0.3) is 0 Å². The van der Waals surface area contributed by atoms with E-state index in [0.29, 0.717) is 13.1 Å². The topological polar surface area (TPSA) is 75.7 Å². The summed E-state index contributed by atoms with van der Waals surface area (Å²) in [7, 11) is 0. The molecule has 0 bridgehead atoms. The van der Waals surface area contributed by atoms with Crippen molar-refractivity contribution in [3.8, 4) is 0 Å². The lowest BCUT2D eigenvalue weighted by molar-refractivity contribution is -0.136. The van der Waals surface area contributed by atoms with Gasteiger partial charge in [0.05, 0.1) is 0 Å². The highest BCUT2D eigenvalue weighted by atomic mass is 16.6. The summed E-state index contributed by atoms with van der Waals surface area (Å²) < 4.78 is 5.28. The van der Waals surface area contributed by atoms with Crippen LogP contribution in [0.2, 0.25) is 0 Å². The zero-order valence-electron chi connectivity index (χ0n) is 18.1. The van der Waals surface area contributed by atoms with Gasteiger partial charge in [0.1, 0.15) is 17.4 Å². The van der Waals surface area contributed by atoms with Gasteiger partial charge in [0.15, 0.2) is 0 Å². The Labute approximate surface area is 178 Å². The van der Waals surface area contributed by atoms with Crippen LogP contribution < -0.4 is 5.32 Å². The monoisotopic (exact) mass is 410 g/mol. The molecule has 2 aromatic carbocycles. The van der Waals surface area contributed by atoms with Crippen molar-refractivity contribution in [1.82, 2.24) is 10.2 Å². The summed E-state index contributed by atoms with van der Waals surface area (Å²) in [4.78, 5) is 39.1. The van der Waals surface area contributed by atoms with E-state index in [1.807, 2.05) is 60.7 Å². The Morgan fingerprint density at radius 1 is 0.900 bits per heavy atom. The van der Waals surface area contributed by atoms with E-state index in [0.717, 1.165) is 11.1 Å². The molecule has 160 valence electrons. The lowest BCUT2D eigenvalue weighted by atomic mass is 10.1. The standard InChI is InChI=1S/C24H30N2O4/c1-18(27)15-21(25-23(29)30-24(2,3)4)22(28)26(16-19-11-7-5-8-12-19)17-20-13-9-6-10-14-20/h5-14,21H,15-17H2,1-4H3,(H,25,29)/t21-/m0/s1. The van der Waals surface area contributed by atoms with E-state index < -0.39 is 17.7 Å². The highest BCUT2D eigenvalue weighted by molar-refractivity contribution is 5.90. The third-order valence-corrected chi connectivity index (χ3v) is 4.22. The van der Waals surface area contributed by atoms with Crippen LogP contribution in [-0.2, 0) is 27.4 Å². The van der Waals surface area contributed by atoms with Crippen molar-refractivity contribution >= 4 is 17.8 Å². The number of hydrogen-bond acceptors (Lipinski definition) is 4. The zero-order chi connectivity index (χ0) is 22.1. The molecule has 6 nitrogen and oxygen atoms in total. The van der Waals surface area contributed by atoms with Gasteiger partial charge >= 0.3 is 6.09 Å². The molecule has 0 aliphatic heterocycles. The number of ketones is 1. The molecule has 0 aliphatic rings. The lowest BCUT2D eigenvalue weighted by Crippen LogP contribution is -2.50. The van der Waals surface area contributed by atoms with Gasteiger partial charge < -0.3 is 15.0 Å². The molecule has 0 spiro atoms. The van der Waals surface area contributed by atoms with Crippen LogP contribution in [0.3, 0.4) is 0 Å². The maximum atomic E-state index is 13.4. The average Bonchev–Trinajstić information content (AvgIpc) is 2.66. The highest BCUT2D eigenvalue weighted by Gasteiger charge is 2.29. The second-order valence-corrected chi connectivity index (χ2v) is 8.27. The first-order valence-corrected chi connectivity index (χ1v) is 9.99. The van der Waals surface area contributed by atoms with Crippen molar-refractivity contribution in [1.29, 1.82) is 0 Å². The third kappa shape index (κ3) is 8.07. The predicted molar refractivity (Wildman–Crippen MR) is 116 cm³/mol. The van der Waals surface area contributed by atoms with Crippen molar-refractivity contribution in [2.45, 2.75) is 58.8 Å².